The predicted octanol–water partition coefficient (Wildman–Crippen LogP) is 3.12. The van der Waals surface area contributed by atoms with E-state index in [0.29, 0.717) is 17.5 Å². The summed E-state index contributed by atoms with van der Waals surface area (Å²) >= 11 is 5.55. The lowest BCUT2D eigenvalue weighted by Crippen LogP contribution is -2.12. The molecule has 0 aliphatic rings. The zero-order valence-corrected chi connectivity index (χ0v) is 13.7. The Morgan fingerprint density at radius 2 is 2.04 bits per heavy atom. The molecule has 3 rings (SSSR count). The number of benzene rings is 1. The Labute approximate surface area is 144 Å². The van der Waals surface area contributed by atoms with E-state index in [4.69, 9.17) is 16.3 Å². The van der Waals surface area contributed by atoms with Gasteiger partial charge in [0.1, 0.15) is 11.7 Å². The summed E-state index contributed by atoms with van der Waals surface area (Å²) in [6.45, 7) is 0. The molecule has 0 bridgehead atoms. The van der Waals surface area contributed by atoms with E-state index in [1.807, 2.05) is 41.0 Å². The Hall–Kier alpha value is -2.86. The molecule has 7 heteroatoms. The topological polar surface area (TPSA) is 69.0 Å². The summed E-state index contributed by atoms with van der Waals surface area (Å²) in [6, 6.07) is 13.3. The summed E-state index contributed by atoms with van der Waals surface area (Å²) in [5.41, 5.74) is 1.72. The largest absolute Gasteiger partial charge is 0.481 e. The van der Waals surface area contributed by atoms with Gasteiger partial charge in [-0.1, -0.05) is 18.2 Å². The first kappa shape index (κ1) is 16.0. The lowest BCUT2D eigenvalue weighted by Gasteiger charge is -2.07. The van der Waals surface area contributed by atoms with E-state index < -0.39 is 0 Å². The van der Waals surface area contributed by atoms with E-state index in [0.717, 1.165) is 11.3 Å². The number of para-hydroxylation sites is 1. The maximum Gasteiger partial charge on any atom is 0.240 e. The Kier molecular flexibility index (Phi) is 4.77. The average Bonchev–Trinajstić information content (AvgIpc) is 3.06. The van der Waals surface area contributed by atoms with Crippen molar-refractivity contribution < 1.29 is 9.53 Å². The van der Waals surface area contributed by atoms with E-state index in [9.17, 15) is 4.79 Å². The molecule has 0 aliphatic heterocycles. The number of pyridine rings is 1. The van der Waals surface area contributed by atoms with Crippen LogP contribution in [0.2, 0.25) is 0 Å². The van der Waals surface area contributed by atoms with Crippen LogP contribution < -0.4 is 10.1 Å². The van der Waals surface area contributed by atoms with Crippen LogP contribution in [0.4, 0.5) is 5.82 Å². The number of nitrogens with one attached hydrogen (secondary N) is 1. The van der Waals surface area contributed by atoms with E-state index in [1.165, 1.54) is 0 Å². The van der Waals surface area contributed by atoms with Crippen molar-refractivity contribution in [1.82, 2.24) is 14.5 Å². The number of aromatic nitrogens is 3. The summed E-state index contributed by atoms with van der Waals surface area (Å²) in [4.78, 5) is 20.2. The van der Waals surface area contributed by atoms with Crippen LogP contribution in [0.1, 0.15) is 0 Å². The van der Waals surface area contributed by atoms with Crippen molar-refractivity contribution in [3.63, 3.8) is 0 Å². The fraction of sp³-hybridized carbons (Fsp3) is 0.118. The minimum absolute atomic E-state index is 0.127. The minimum Gasteiger partial charge on any atom is -0.481 e. The number of carbonyl (C=O) groups is 1. The van der Waals surface area contributed by atoms with Crippen molar-refractivity contribution in [2.24, 2.45) is 0 Å². The van der Waals surface area contributed by atoms with Gasteiger partial charge in [0.2, 0.25) is 11.8 Å². The third kappa shape index (κ3) is 3.38. The average molecular weight is 343 g/mol. The first-order valence-corrected chi connectivity index (χ1v) is 7.75. The van der Waals surface area contributed by atoms with Gasteiger partial charge in [-0.2, -0.15) is 0 Å². The van der Waals surface area contributed by atoms with Crippen LogP contribution in [0.15, 0.2) is 54.9 Å². The van der Waals surface area contributed by atoms with Gasteiger partial charge in [0.15, 0.2) is 5.82 Å². The molecule has 1 amide bonds. The smallest absolute Gasteiger partial charge is 0.240 e. The number of halogens is 1. The highest BCUT2D eigenvalue weighted by atomic mass is 35.5. The van der Waals surface area contributed by atoms with Crippen LogP contribution in [-0.2, 0) is 4.79 Å². The van der Waals surface area contributed by atoms with Crippen LogP contribution in [0.3, 0.4) is 0 Å². The number of nitrogens with zero attached hydrogens (tertiary/aromatic N) is 3. The van der Waals surface area contributed by atoms with E-state index in [2.05, 4.69) is 15.3 Å². The molecule has 1 N–H and O–H groups in total. The lowest BCUT2D eigenvalue weighted by atomic mass is 10.2. The summed E-state index contributed by atoms with van der Waals surface area (Å²) in [6.07, 6.45) is 3.42. The van der Waals surface area contributed by atoms with Crippen molar-refractivity contribution in [3.05, 3.63) is 54.9 Å². The minimum atomic E-state index is -0.311. The molecule has 3 aromatic rings. The Bertz CT molecular complexity index is 832. The number of hydrogen-bond donors (Lipinski definition) is 1. The first-order chi connectivity index (χ1) is 11.7. The quantitative estimate of drug-likeness (QED) is 0.723. The van der Waals surface area contributed by atoms with Gasteiger partial charge in [0.05, 0.1) is 13.3 Å². The fourth-order valence-corrected chi connectivity index (χ4v) is 2.31. The molecule has 0 radical (unpaired) electrons. The van der Waals surface area contributed by atoms with E-state index in [1.54, 1.807) is 25.6 Å². The molecular weight excluding hydrogens is 328 g/mol. The molecule has 1 aromatic carbocycles. The van der Waals surface area contributed by atoms with Gasteiger partial charge in [-0.3, -0.25) is 9.36 Å². The zero-order valence-electron chi connectivity index (χ0n) is 12.9. The monoisotopic (exact) mass is 342 g/mol. The second kappa shape index (κ2) is 7.14. The van der Waals surface area contributed by atoms with Crippen LogP contribution in [0.25, 0.3) is 17.1 Å². The molecule has 2 aromatic heterocycles. The molecule has 0 unspecified atom stereocenters. The molecule has 6 nitrogen and oxygen atoms in total. The van der Waals surface area contributed by atoms with Gasteiger partial charge in [0.25, 0.3) is 0 Å². The van der Waals surface area contributed by atoms with Crippen LogP contribution in [0, 0.1) is 0 Å². The summed E-state index contributed by atoms with van der Waals surface area (Å²) in [7, 11) is 1.56. The second-order valence-electron chi connectivity index (χ2n) is 4.93. The molecule has 0 spiro atoms. The maximum atomic E-state index is 11.5. The van der Waals surface area contributed by atoms with Gasteiger partial charge in [-0.05, 0) is 18.2 Å². The van der Waals surface area contributed by atoms with Gasteiger partial charge < -0.3 is 10.1 Å². The Morgan fingerprint density at radius 1 is 1.25 bits per heavy atom. The molecule has 0 aliphatic carbocycles. The van der Waals surface area contributed by atoms with Crippen molar-refractivity contribution in [2.75, 3.05) is 18.3 Å². The van der Waals surface area contributed by atoms with Crippen LogP contribution in [-0.4, -0.2) is 33.4 Å². The third-order valence-electron chi connectivity index (χ3n) is 3.33. The number of hydrogen-bond acceptors (Lipinski definition) is 4. The molecule has 2 heterocycles. The van der Waals surface area contributed by atoms with Crippen molar-refractivity contribution >= 4 is 23.3 Å². The number of carbonyl (C=O) groups excluding carboxylic acids is 1. The van der Waals surface area contributed by atoms with Crippen molar-refractivity contribution in [2.45, 2.75) is 0 Å². The number of amides is 1. The Morgan fingerprint density at radius 3 is 2.67 bits per heavy atom. The molecule has 0 atom stereocenters. The summed E-state index contributed by atoms with van der Waals surface area (Å²) < 4.78 is 6.96. The van der Waals surface area contributed by atoms with Crippen LogP contribution >= 0.6 is 11.6 Å². The zero-order chi connectivity index (χ0) is 16.9. The van der Waals surface area contributed by atoms with Crippen LogP contribution in [0.5, 0.6) is 5.88 Å². The molecule has 122 valence electrons. The summed E-state index contributed by atoms with van der Waals surface area (Å²) in [5.74, 6) is 1.16. The number of alkyl halides is 1. The highest BCUT2D eigenvalue weighted by Gasteiger charge is 2.14. The first-order valence-electron chi connectivity index (χ1n) is 7.22. The molecule has 24 heavy (non-hydrogen) atoms. The third-order valence-corrected chi connectivity index (χ3v) is 3.58. The number of anilines is 1. The SMILES string of the molecule is COc1ccc(-c2nc(NC(=O)CCl)cn2-c2ccccc2)cn1. The predicted molar refractivity (Wildman–Crippen MR) is 92.7 cm³/mol. The number of ether oxygens (including phenoxy) is 1. The fourth-order valence-electron chi connectivity index (χ4n) is 2.24. The lowest BCUT2D eigenvalue weighted by molar-refractivity contribution is -0.113. The highest BCUT2D eigenvalue weighted by molar-refractivity contribution is 6.29. The standard InChI is InChI=1S/C17H15ClN4O2/c1-24-16-8-7-12(10-19-16)17-21-14(20-15(23)9-18)11-22(17)13-5-3-2-4-6-13/h2-8,10-11H,9H2,1H3,(H,20,23). The normalized spacial score (nSPS) is 10.4. The maximum absolute atomic E-state index is 11.5. The molecule has 0 saturated heterocycles. The van der Waals surface area contributed by atoms with Gasteiger partial charge in [0, 0.05) is 23.5 Å². The Balaban J connectivity index is 2.06. The van der Waals surface area contributed by atoms with Gasteiger partial charge >= 0.3 is 0 Å². The second-order valence-corrected chi connectivity index (χ2v) is 5.19. The van der Waals surface area contributed by atoms with Crippen molar-refractivity contribution in [3.8, 4) is 23.0 Å². The molecule has 0 saturated carbocycles. The van der Waals surface area contributed by atoms with Crippen molar-refractivity contribution in [1.29, 1.82) is 0 Å². The number of imidazole rings is 1. The number of rotatable bonds is 5. The van der Waals surface area contributed by atoms with E-state index in [-0.39, 0.29) is 11.8 Å². The molecule has 0 fully saturated rings. The summed E-state index contributed by atoms with van der Waals surface area (Å²) in [5, 5.41) is 2.67. The molecular formula is C17H15ClN4O2. The highest BCUT2D eigenvalue weighted by Crippen LogP contribution is 2.25. The number of methoxy groups -OCH3 is 1. The van der Waals surface area contributed by atoms with Gasteiger partial charge in [-0.15, -0.1) is 11.6 Å². The van der Waals surface area contributed by atoms with E-state index >= 15 is 0 Å². The van der Waals surface area contributed by atoms with Gasteiger partial charge in [-0.25, -0.2) is 9.97 Å².